The summed E-state index contributed by atoms with van der Waals surface area (Å²) in [6.45, 7) is 9.61. The summed E-state index contributed by atoms with van der Waals surface area (Å²) < 4.78 is 28.0. The Balaban J connectivity index is 2.04. The monoisotopic (exact) mass is 401 g/mol. The minimum Gasteiger partial charge on any atom is -0.207 e. The maximum Gasteiger partial charge on any atom is 0.243 e. The zero-order chi connectivity index (χ0) is 20.9. The highest BCUT2D eigenvalue weighted by Gasteiger charge is 2.25. The van der Waals surface area contributed by atoms with E-state index in [1.165, 1.54) is 4.31 Å². The van der Waals surface area contributed by atoms with Gasteiger partial charge in [-0.25, -0.2) is 8.42 Å². The van der Waals surface area contributed by atoms with E-state index in [-0.39, 0.29) is 18.0 Å². The first-order chi connectivity index (χ1) is 14.0. The third kappa shape index (κ3) is 4.48. The molecule has 3 rings (SSSR count). The summed E-state index contributed by atoms with van der Waals surface area (Å²) >= 11 is 0. The van der Waals surface area contributed by atoms with Crippen LogP contribution in [0.4, 0.5) is 0 Å². The Kier molecular flexibility index (Phi) is 6.33. The molecule has 0 atom stereocenters. The van der Waals surface area contributed by atoms with Crippen LogP contribution >= 0.6 is 0 Å². The molecule has 0 heterocycles. The van der Waals surface area contributed by atoms with Crippen LogP contribution in [0.3, 0.4) is 0 Å². The molecule has 0 bridgehead atoms. The summed E-state index contributed by atoms with van der Waals surface area (Å²) in [4.78, 5) is 0.252. The van der Waals surface area contributed by atoms with Crippen LogP contribution in [0.5, 0.6) is 0 Å². The molecule has 0 aromatic heterocycles. The van der Waals surface area contributed by atoms with E-state index in [1.54, 1.807) is 30.3 Å². The molecule has 0 saturated heterocycles. The number of nitrogens with zero attached hydrogens (tertiary/aromatic N) is 1. The van der Waals surface area contributed by atoms with Gasteiger partial charge in [0.25, 0.3) is 0 Å². The predicted molar refractivity (Wildman–Crippen MR) is 120 cm³/mol. The Labute approximate surface area is 172 Å². The Hall–Kier alpha value is -3.13. The van der Waals surface area contributed by atoms with Crippen molar-refractivity contribution < 1.29 is 8.42 Å². The number of hydrogen-bond acceptors (Lipinski definition) is 2. The van der Waals surface area contributed by atoms with Crippen LogP contribution in [-0.2, 0) is 10.0 Å². The van der Waals surface area contributed by atoms with Gasteiger partial charge in [0.1, 0.15) is 0 Å². The van der Waals surface area contributed by atoms with Crippen LogP contribution in [0.15, 0.2) is 102 Å². The number of rotatable bonds is 7. The van der Waals surface area contributed by atoms with Crippen LogP contribution in [-0.4, -0.2) is 25.8 Å². The SMILES string of the molecule is C=C=CCN(CC(=C=C)c1cccc2ccccc12)S(=O)(=O)c1ccc(C)cc1. The van der Waals surface area contributed by atoms with Gasteiger partial charge >= 0.3 is 0 Å². The van der Waals surface area contributed by atoms with Crippen molar-refractivity contribution in [2.45, 2.75) is 11.8 Å². The van der Waals surface area contributed by atoms with Crippen molar-refractivity contribution in [1.29, 1.82) is 0 Å². The van der Waals surface area contributed by atoms with Gasteiger partial charge in [0.2, 0.25) is 10.0 Å². The fourth-order valence-corrected chi connectivity index (χ4v) is 4.52. The summed E-state index contributed by atoms with van der Waals surface area (Å²) in [6.07, 6.45) is 1.61. The highest BCUT2D eigenvalue weighted by Crippen LogP contribution is 2.27. The Bertz CT molecular complexity index is 1220. The van der Waals surface area contributed by atoms with Crippen molar-refractivity contribution in [3.05, 3.63) is 109 Å². The molecule has 0 saturated carbocycles. The Morgan fingerprint density at radius 2 is 1.69 bits per heavy atom. The zero-order valence-electron chi connectivity index (χ0n) is 16.4. The molecule has 4 heteroatoms. The van der Waals surface area contributed by atoms with Crippen molar-refractivity contribution in [2.24, 2.45) is 0 Å². The summed E-state index contributed by atoms with van der Waals surface area (Å²) in [5.41, 5.74) is 8.27. The average molecular weight is 402 g/mol. The normalized spacial score (nSPS) is 11.1. The van der Waals surface area contributed by atoms with Crippen molar-refractivity contribution >= 4 is 26.4 Å². The molecule has 0 spiro atoms. The fraction of sp³-hybridized carbons (Fsp3) is 0.120. The molecule has 0 aliphatic heterocycles. The van der Waals surface area contributed by atoms with Gasteiger partial charge in [-0.1, -0.05) is 73.3 Å². The lowest BCUT2D eigenvalue weighted by atomic mass is 9.99. The highest BCUT2D eigenvalue weighted by molar-refractivity contribution is 7.89. The van der Waals surface area contributed by atoms with E-state index < -0.39 is 10.0 Å². The largest absolute Gasteiger partial charge is 0.243 e. The van der Waals surface area contributed by atoms with E-state index in [2.05, 4.69) is 24.6 Å². The minimum absolute atomic E-state index is 0.145. The van der Waals surface area contributed by atoms with Crippen LogP contribution in [0.1, 0.15) is 11.1 Å². The molecule has 0 N–H and O–H groups in total. The van der Waals surface area contributed by atoms with E-state index in [0.29, 0.717) is 0 Å². The molecule has 146 valence electrons. The molecule has 0 radical (unpaired) electrons. The van der Waals surface area contributed by atoms with Gasteiger partial charge in [0, 0.05) is 18.7 Å². The second-order valence-corrected chi connectivity index (χ2v) is 8.64. The maximum absolute atomic E-state index is 13.3. The van der Waals surface area contributed by atoms with E-state index >= 15 is 0 Å². The van der Waals surface area contributed by atoms with Gasteiger partial charge in [-0.05, 0) is 41.5 Å². The fourth-order valence-electron chi connectivity index (χ4n) is 3.17. The molecular formula is C25H23NO2S. The Morgan fingerprint density at radius 1 is 1.00 bits per heavy atom. The quantitative estimate of drug-likeness (QED) is 0.501. The third-order valence-electron chi connectivity index (χ3n) is 4.76. The molecule has 3 aromatic rings. The van der Waals surface area contributed by atoms with Crippen molar-refractivity contribution in [3.8, 4) is 0 Å². The lowest BCUT2D eigenvalue weighted by Gasteiger charge is -2.22. The molecule has 0 fully saturated rings. The first-order valence-electron chi connectivity index (χ1n) is 9.25. The molecule has 0 amide bonds. The van der Waals surface area contributed by atoms with Gasteiger partial charge in [-0.3, -0.25) is 0 Å². The minimum atomic E-state index is -3.71. The van der Waals surface area contributed by atoms with Crippen molar-refractivity contribution in [3.63, 3.8) is 0 Å². The number of aryl methyl sites for hydroxylation is 1. The number of fused-ring (bicyclic) bond motifs is 1. The van der Waals surface area contributed by atoms with Gasteiger partial charge in [0.15, 0.2) is 0 Å². The van der Waals surface area contributed by atoms with Crippen LogP contribution in [0.25, 0.3) is 16.3 Å². The molecule has 29 heavy (non-hydrogen) atoms. The maximum atomic E-state index is 13.3. The first kappa shape index (κ1) is 20.6. The van der Waals surface area contributed by atoms with Gasteiger partial charge in [-0.2, -0.15) is 4.31 Å². The second-order valence-electron chi connectivity index (χ2n) is 6.70. The molecular weight excluding hydrogens is 378 g/mol. The predicted octanol–water partition coefficient (Wildman–Crippen LogP) is 5.35. The molecule has 3 aromatic carbocycles. The topological polar surface area (TPSA) is 37.4 Å². The van der Waals surface area contributed by atoms with Crippen molar-refractivity contribution in [2.75, 3.05) is 13.1 Å². The summed E-state index contributed by atoms with van der Waals surface area (Å²) in [5, 5.41) is 2.12. The van der Waals surface area contributed by atoms with Crippen molar-refractivity contribution in [1.82, 2.24) is 4.31 Å². The summed E-state index contributed by atoms with van der Waals surface area (Å²) in [6, 6.07) is 20.8. The number of hydrogen-bond donors (Lipinski definition) is 0. The molecule has 0 aliphatic carbocycles. The average Bonchev–Trinajstić information content (AvgIpc) is 2.74. The van der Waals surface area contributed by atoms with Crippen LogP contribution in [0.2, 0.25) is 0 Å². The van der Waals surface area contributed by atoms with Gasteiger partial charge in [0.05, 0.1) is 4.90 Å². The smallest absolute Gasteiger partial charge is 0.207 e. The molecule has 0 unspecified atom stereocenters. The van der Waals surface area contributed by atoms with E-state index in [4.69, 9.17) is 0 Å². The van der Waals surface area contributed by atoms with E-state index in [9.17, 15) is 8.42 Å². The van der Waals surface area contributed by atoms with Crippen LogP contribution in [0, 0.1) is 6.92 Å². The standard InChI is InChI=1S/C25H23NO2S/c1-4-6-18-26(29(27,28)23-16-14-20(3)15-17-23)19-21(5-2)24-13-9-11-22-10-7-8-12-25(22)24/h6-17H,1-2,18-19H2,3H3. The zero-order valence-corrected chi connectivity index (χ0v) is 17.2. The highest BCUT2D eigenvalue weighted by atomic mass is 32.2. The summed E-state index contributed by atoms with van der Waals surface area (Å²) in [7, 11) is -3.71. The van der Waals surface area contributed by atoms with Gasteiger partial charge < -0.3 is 0 Å². The summed E-state index contributed by atoms with van der Waals surface area (Å²) in [5.74, 6) is 0. The Morgan fingerprint density at radius 3 is 2.38 bits per heavy atom. The van der Waals surface area contributed by atoms with E-state index in [0.717, 1.165) is 27.5 Å². The molecule has 0 aliphatic rings. The van der Waals surface area contributed by atoms with E-state index in [1.807, 2.05) is 49.4 Å². The number of sulfonamides is 1. The lowest BCUT2D eigenvalue weighted by molar-refractivity contribution is 0.478. The van der Waals surface area contributed by atoms with Gasteiger partial charge in [-0.15, -0.1) is 11.5 Å². The third-order valence-corrected chi connectivity index (χ3v) is 6.59. The number of benzene rings is 3. The first-order valence-corrected chi connectivity index (χ1v) is 10.7. The lowest BCUT2D eigenvalue weighted by Crippen LogP contribution is -2.32. The van der Waals surface area contributed by atoms with Crippen LogP contribution < -0.4 is 0 Å². The molecule has 3 nitrogen and oxygen atoms in total. The second kappa shape index (κ2) is 8.91.